The molecule has 10 heteroatoms. The molecule has 1 amide bonds. The van der Waals surface area contributed by atoms with Gasteiger partial charge in [0.05, 0.1) is 0 Å². The first kappa shape index (κ1) is 31.7. The van der Waals surface area contributed by atoms with Crippen LogP contribution in [0.4, 0.5) is 0 Å². The van der Waals surface area contributed by atoms with E-state index in [0.717, 1.165) is 72.0 Å². The van der Waals surface area contributed by atoms with Crippen LogP contribution in [0, 0.1) is 0 Å². The van der Waals surface area contributed by atoms with E-state index in [0.29, 0.717) is 12.3 Å². The Morgan fingerprint density at radius 1 is 0.688 bits per heavy atom. The Labute approximate surface area is 212 Å². The van der Waals surface area contributed by atoms with E-state index in [-0.39, 0.29) is 49.3 Å². The van der Waals surface area contributed by atoms with Gasteiger partial charge >= 0.3 is 5.97 Å². The fourth-order valence-electron chi connectivity index (χ4n) is 4.86. The molecular formula is C22H43Cl3N4O3. The van der Waals surface area contributed by atoms with Crippen LogP contribution in [0.3, 0.4) is 0 Å². The molecule has 3 aliphatic rings. The number of carbonyl (C=O) groups excluding carboxylic acids is 2. The largest absolute Gasteiger partial charge is 0.460 e. The summed E-state index contributed by atoms with van der Waals surface area (Å²) in [5, 5.41) is 0. The first-order valence-corrected chi connectivity index (χ1v) is 11.7. The second-order valence-corrected chi connectivity index (χ2v) is 8.93. The topological polar surface area (TPSA) is 56.3 Å². The van der Waals surface area contributed by atoms with Gasteiger partial charge < -0.3 is 14.5 Å². The Bertz CT molecular complexity index is 525. The van der Waals surface area contributed by atoms with Gasteiger partial charge in [-0.2, -0.15) is 0 Å². The van der Waals surface area contributed by atoms with Crippen molar-refractivity contribution in [3.63, 3.8) is 0 Å². The number of piperazine rings is 1. The number of hydrogen-bond acceptors (Lipinski definition) is 6. The van der Waals surface area contributed by atoms with E-state index in [1.807, 2.05) is 4.90 Å². The molecule has 0 N–H and O–H groups in total. The summed E-state index contributed by atoms with van der Waals surface area (Å²) in [6.07, 6.45) is 8.23. The smallest absolute Gasteiger partial charge is 0.302 e. The van der Waals surface area contributed by atoms with Crippen LogP contribution in [0.25, 0.3) is 0 Å². The van der Waals surface area contributed by atoms with E-state index >= 15 is 0 Å². The van der Waals surface area contributed by atoms with E-state index in [1.165, 1.54) is 45.4 Å². The van der Waals surface area contributed by atoms with Crippen molar-refractivity contribution < 1.29 is 14.3 Å². The first-order valence-electron chi connectivity index (χ1n) is 11.7. The maximum absolute atomic E-state index is 12.6. The Balaban J connectivity index is 0.00000320. The minimum absolute atomic E-state index is 0. The zero-order valence-corrected chi connectivity index (χ0v) is 22.0. The number of esters is 1. The van der Waals surface area contributed by atoms with Crippen molar-refractivity contribution in [2.24, 2.45) is 0 Å². The Hall–Kier alpha value is -0.310. The van der Waals surface area contributed by atoms with Gasteiger partial charge in [-0.15, -0.1) is 37.2 Å². The summed E-state index contributed by atoms with van der Waals surface area (Å²) in [5.41, 5.74) is 0. The van der Waals surface area contributed by atoms with Crippen molar-refractivity contribution in [1.82, 2.24) is 19.6 Å². The van der Waals surface area contributed by atoms with Crippen LogP contribution in [-0.4, -0.2) is 110 Å². The molecule has 0 aliphatic carbocycles. The van der Waals surface area contributed by atoms with Gasteiger partial charge in [-0.05, 0) is 51.9 Å². The third-order valence-electron chi connectivity index (χ3n) is 6.52. The number of ether oxygens (including phenoxy) is 1. The maximum atomic E-state index is 12.6. The molecule has 3 aliphatic heterocycles. The molecule has 0 radical (unpaired) electrons. The molecule has 0 aromatic heterocycles. The third kappa shape index (κ3) is 11.2. The average molecular weight is 518 g/mol. The second-order valence-electron chi connectivity index (χ2n) is 8.93. The van der Waals surface area contributed by atoms with E-state index in [2.05, 4.69) is 14.7 Å². The van der Waals surface area contributed by atoms with Gasteiger partial charge in [-0.25, -0.2) is 0 Å². The van der Waals surface area contributed by atoms with Gasteiger partial charge in [0.25, 0.3) is 0 Å². The van der Waals surface area contributed by atoms with Crippen molar-refractivity contribution in [3.05, 3.63) is 0 Å². The van der Waals surface area contributed by atoms with Crippen LogP contribution in [0.2, 0.25) is 0 Å². The number of halogens is 3. The standard InChI is InChI=1S/C22H40N4O3.3ClH/c1-20(27)29-21(18-24-11-6-3-7-12-24)19-25-14-16-26(17-15-25)22(28)8-13-23-9-4-2-5-10-23;;;/h21H,2-19H2,1H3;3*1H. The summed E-state index contributed by atoms with van der Waals surface area (Å²) in [6, 6.07) is 0. The average Bonchev–Trinajstić information content (AvgIpc) is 2.73. The van der Waals surface area contributed by atoms with Gasteiger partial charge in [0.15, 0.2) is 0 Å². The molecule has 1 atom stereocenters. The summed E-state index contributed by atoms with van der Waals surface area (Å²) >= 11 is 0. The minimum Gasteiger partial charge on any atom is -0.460 e. The lowest BCUT2D eigenvalue weighted by Crippen LogP contribution is -2.52. The molecule has 0 aromatic rings. The van der Waals surface area contributed by atoms with Crippen molar-refractivity contribution in [3.8, 4) is 0 Å². The van der Waals surface area contributed by atoms with Gasteiger partial charge in [0, 0.05) is 59.2 Å². The monoisotopic (exact) mass is 516 g/mol. The molecule has 3 rings (SSSR count). The molecule has 32 heavy (non-hydrogen) atoms. The van der Waals surface area contributed by atoms with Gasteiger partial charge in [-0.1, -0.05) is 12.8 Å². The molecule has 190 valence electrons. The van der Waals surface area contributed by atoms with Crippen molar-refractivity contribution >= 4 is 49.1 Å². The van der Waals surface area contributed by atoms with Crippen LogP contribution in [-0.2, 0) is 14.3 Å². The van der Waals surface area contributed by atoms with E-state index in [4.69, 9.17) is 4.74 Å². The van der Waals surface area contributed by atoms with E-state index in [9.17, 15) is 9.59 Å². The molecular weight excluding hydrogens is 475 g/mol. The molecule has 0 aromatic carbocycles. The van der Waals surface area contributed by atoms with Crippen LogP contribution >= 0.6 is 37.2 Å². The second kappa shape index (κ2) is 17.2. The fourth-order valence-corrected chi connectivity index (χ4v) is 4.86. The molecule has 3 fully saturated rings. The van der Waals surface area contributed by atoms with Gasteiger partial charge in [0.2, 0.25) is 5.91 Å². The quantitative estimate of drug-likeness (QED) is 0.462. The van der Waals surface area contributed by atoms with Gasteiger partial charge in [0.1, 0.15) is 6.10 Å². The highest BCUT2D eigenvalue weighted by atomic mass is 35.5. The number of rotatable bonds is 8. The Kier molecular flexibility index (Phi) is 17.0. The SMILES string of the molecule is CC(=O)OC(CN1CCCCC1)CN1CCN(C(=O)CCN2CCCCC2)CC1.Cl.Cl.Cl. The summed E-state index contributed by atoms with van der Waals surface area (Å²) in [6.45, 7) is 11.8. The molecule has 3 heterocycles. The number of hydrogen-bond donors (Lipinski definition) is 0. The van der Waals surface area contributed by atoms with Crippen LogP contribution in [0.5, 0.6) is 0 Å². The minimum atomic E-state index is -0.196. The Morgan fingerprint density at radius 3 is 1.66 bits per heavy atom. The normalized spacial score (nSPS) is 21.5. The third-order valence-corrected chi connectivity index (χ3v) is 6.52. The summed E-state index contributed by atoms with van der Waals surface area (Å²) in [4.78, 5) is 33.4. The number of amides is 1. The molecule has 1 unspecified atom stereocenters. The zero-order valence-electron chi connectivity index (χ0n) is 19.5. The van der Waals surface area contributed by atoms with Crippen LogP contribution in [0.15, 0.2) is 0 Å². The van der Waals surface area contributed by atoms with E-state index < -0.39 is 0 Å². The number of nitrogens with zero attached hydrogens (tertiary/aromatic N) is 4. The Morgan fingerprint density at radius 2 is 1.16 bits per heavy atom. The molecule has 0 saturated carbocycles. The summed E-state index contributed by atoms with van der Waals surface area (Å²) in [7, 11) is 0. The first-order chi connectivity index (χ1) is 14.1. The molecule has 3 saturated heterocycles. The van der Waals surface area contributed by atoms with Crippen molar-refractivity contribution in [2.45, 2.75) is 58.0 Å². The summed E-state index contributed by atoms with van der Waals surface area (Å²) in [5.74, 6) is 0.0959. The van der Waals surface area contributed by atoms with Crippen molar-refractivity contribution in [1.29, 1.82) is 0 Å². The predicted molar refractivity (Wildman–Crippen MR) is 136 cm³/mol. The van der Waals surface area contributed by atoms with Crippen molar-refractivity contribution in [2.75, 3.05) is 72.0 Å². The van der Waals surface area contributed by atoms with Gasteiger partial charge in [-0.3, -0.25) is 19.4 Å². The lowest BCUT2D eigenvalue weighted by Gasteiger charge is -2.38. The highest BCUT2D eigenvalue weighted by Gasteiger charge is 2.26. The van der Waals surface area contributed by atoms with Crippen LogP contribution in [0.1, 0.15) is 51.9 Å². The highest BCUT2D eigenvalue weighted by molar-refractivity contribution is 5.86. The number of likely N-dealkylation sites (tertiary alicyclic amines) is 2. The lowest BCUT2D eigenvalue weighted by molar-refractivity contribution is -0.148. The number of piperidine rings is 2. The lowest BCUT2D eigenvalue weighted by atomic mass is 10.1. The highest BCUT2D eigenvalue weighted by Crippen LogP contribution is 2.13. The molecule has 0 bridgehead atoms. The molecule has 7 nitrogen and oxygen atoms in total. The maximum Gasteiger partial charge on any atom is 0.302 e. The van der Waals surface area contributed by atoms with E-state index in [1.54, 1.807) is 0 Å². The van der Waals surface area contributed by atoms with Crippen LogP contribution < -0.4 is 0 Å². The molecule has 0 spiro atoms. The predicted octanol–water partition coefficient (Wildman–Crippen LogP) is 2.69. The fraction of sp³-hybridized carbons (Fsp3) is 0.909. The number of carbonyl (C=O) groups is 2. The summed E-state index contributed by atoms with van der Waals surface area (Å²) < 4.78 is 5.63. The zero-order chi connectivity index (χ0) is 20.5.